The van der Waals surface area contributed by atoms with E-state index in [1.54, 1.807) is 14.0 Å². The molecule has 1 rings (SSSR count). The third-order valence-corrected chi connectivity index (χ3v) is 3.03. The van der Waals surface area contributed by atoms with E-state index >= 15 is 0 Å². The van der Waals surface area contributed by atoms with Crippen LogP contribution in [-0.2, 0) is 11.0 Å². The highest BCUT2D eigenvalue weighted by Crippen LogP contribution is 2.30. The molecule has 1 aromatic carbocycles. The molecule has 0 spiro atoms. The van der Waals surface area contributed by atoms with Crippen molar-refractivity contribution in [1.29, 1.82) is 0 Å². The minimum absolute atomic E-state index is 0.117. The van der Waals surface area contributed by atoms with Crippen LogP contribution < -0.4 is 10.6 Å². The highest BCUT2D eigenvalue weighted by molar-refractivity contribution is 5.78. The smallest absolute Gasteiger partial charge is 0.387 e. The number of alkyl halides is 3. The highest BCUT2D eigenvalue weighted by Gasteiger charge is 2.30. The average Bonchev–Trinajstić information content (AvgIpc) is 2.43. The van der Waals surface area contributed by atoms with Crippen LogP contribution in [0, 0.1) is 5.92 Å². The summed E-state index contributed by atoms with van der Waals surface area (Å²) in [6.45, 7) is 2.06. The van der Waals surface area contributed by atoms with Crippen LogP contribution in [-0.4, -0.2) is 31.2 Å². The van der Waals surface area contributed by atoms with Crippen molar-refractivity contribution in [2.75, 3.05) is 20.1 Å². The number of nitrogens with one attached hydrogen (secondary N) is 2. The molecule has 0 saturated heterocycles. The third-order valence-electron chi connectivity index (χ3n) is 3.03. The van der Waals surface area contributed by atoms with Gasteiger partial charge in [0, 0.05) is 19.0 Å². The van der Waals surface area contributed by atoms with E-state index in [0.717, 1.165) is 12.1 Å². The molecule has 0 aliphatic rings. The Morgan fingerprint density at radius 1 is 1.33 bits per heavy atom. The molecule has 21 heavy (non-hydrogen) atoms. The number of rotatable bonds is 6. The first kappa shape index (κ1) is 17.5. The van der Waals surface area contributed by atoms with Crippen LogP contribution in [0.25, 0.3) is 0 Å². The average molecular weight is 304 g/mol. The van der Waals surface area contributed by atoms with E-state index < -0.39 is 17.8 Å². The summed E-state index contributed by atoms with van der Waals surface area (Å²) in [5, 5.41) is 15.2. The van der Waals surface area contributed by atoms with Crippen molar-refractivity contribution < 1.29 is 23.1 Å². The van der Waals surface area contributed by atoms with E-state index in [0.29, 0.717) is 6.54 Å². The lowest BCUT2D eigenvalue weighted by Crippen LogP contribution is -2.36. The zero-order valence-corrected chi connectivity index (χ0v) is 11.9. The summed E-state index contributed by atoms with van der Waals surface area (Å²) in [5.74, 6) is -0.556. The maximum Gasteiger partial charge on any atom is 0.416 e. The molecule has 3 N–H and O–H groups in total. The van der Waals surface area contributed by atoms with Gasteiger partial charge in [0.1, 0.15) is 0 Å². The van der Waals surface area contributed by atoms with Gasteiger partial charge in [-0.2, -0.15) is 13.2 Å². The van der Waals surface area contributed by atoms with Gasteiger partial charge in [-0.3, -0.25) is 4.79 Å². The number of amides is 1. The molecular formula is C14H19F3N2O2. The molecule has 118 valence electrons. The Morgan fingerprint density at radius 2 is 2.00 bits per heavy atom. The van der Waals surface area contributed by atoms with Gasteiger partial charge in [0.2, 0.25) is 5.91 Å². The van der Waals surface area contributed by atoms with Gasteiger partial charge in [0.25, 0.3) is 0 Å². The van der Waals surface area contributed by atoms with E-state index in [2.05, 4.69) is 10.6 Å². The fourth-order valence-electron chi connectivity index (χ4n) is 1.81. The van der Waals surface area contributed by atoms with Gasteiger partial charge in [-0.05, 0) is 24.7 Å². The molecule has 1 amide bonds. The summed E-state index contributed by atoms with van der Waals surface area (Å²) >= 11 is 0. The first-order chi connectivity index (χ1) is 9.75. The Morgan fingerprint density at radius 3 is 2.57 bits per heavy atom. The van der Waals surface area contributed by atoms with Gasteiger partial charge in [-0.15, -0.1) is 0 Å². The lowest BCUT2D eigenvalue weighted by molar-refractivity contribution is -0.137. The zero-order chi connectivity index (χ0) is 16.0. The van der Waals surface area contributed by atoms with Crippen LogP contribution in [0.4, 0.5) is 13.2 Å². The lowest BCUT2D eigenvalue weighted by atomic mass is 10.1. The monoisotopic (exact) mass is 304 g/mol. The fourth-order valence-corrected chi connectivity index (χ4v) is 1.81. The van der Waals surface area contributed by atoms with Crippen molar-refractivity contribution in [1.82, 2.24) is 10.6 Å². The Hall–Kier alpha value is -1.60. The van der Waals surface area contributed by atoms with Crippen LogP contribution >= 0.6 is 0 Å². The molecule has 2 unspecified atom stereocenters. The molecule has 7 heteroatoms. The largest absolute Gasteiger partial charge is 0.416 e. The van der Waals surface area contributed by atoms with Gasteiger partial charge in [0.05, 0.1) is 11.7 Å². The standard InChI is InChI=1S/C14H19F3N2O2/c1-9(7-18-2)13(21)19-8-12(20)10-4-3-5-11(6-10)14(15,16)17/h3-6,9,12,18,20H,7-8H2,1-2H3,(H,19,21). The Bertz CT molecular complexity index is 478. The van der Waals surface area contributed by atoms with Gasteiger partial charge in [-0.25, -0.2) is 0 Å². The van der Waals surface area contributed by atoms with E-state index in [1.165, 1.54) is 12.1 Å². The Balaban J connectivity index is 2.64. The number of aliphatic hydroxyl groups is 1. The summed E-state index contributed by atoms with van der Waals surface area (Å²) in [4.78, 5) is 11.7. The van der Waals surface area contributed by atoms with Crippen LogP contribution in [0.2, 0.25) is 0 Å². The van der Waals surface area contributed by atoms with E-state index in [-0.39, 0.29) is 23.9 Å². The maximum absolute atomic E-state index is 12.6. The van der Waals surface area contributed by atoms with E-state index in [1.807, 2.05) is 0 Å². The molecule has 4 nitrogen and oxygen atoms in total. The number of aliphatic hydroxyl groups excluding tert-OH is 1. The predicted molar refractivity (Wildman–Crippen MR) is 72.5 cm³/mol. The fraction of sp³-hybridized carbons (Fsp3) is 0.500. The van der Waals surface area contributed by atoms with Crippen LogP contribution in [0.1, 0.15) is 24.2 Å². The van der Waals surface area contributed by atoms with Gasteiger partial charge < -0.3 is 15.7 Å². The zero-order valence-electron chi connectivity index (χ0n) is 11.9. The van der Waals surface area contributed by atoms with Crippen molar-refractivity contribution in [2.24, 2.45) is 5.92 Å². The minimum Gasteiger partial charge on any atom is -0.387 e. The van der Waals surface area contributed by atoms with Crippen molar-refractivity contribution in [3.8, 4) is 0 Å². The lowest BCUT2D eigenvalue weighted by Gasteiger charge is -2.16. The molecule has 2 atom stereocenters. The van der Waals surface area contributed by atoms with E-state index in [9.17, 15) is 23.1 Å². The van der Waals surface area contributed by atoms with Crippen LogP contribution in [0.3, 0.4) is 0 Å². The molecule has 0 radical (unpaired) electrons. The van der Waals surface area contributed by atoms with Gasteiger partial charge in [-0.1, -0.05) is 19.1 Å². The summed E-state index contributed by atoms with van der Waals surface area (Å²) < 4.78 is 37.7. The Kier molecular flexibility index (Phi) is 6.17. The minimum atomic E-state index is -4.46. The van der Waals surface area contributed by atoms with Gasteiger partial charge in [0.15, 0.2) is 0 Å². The number of halogens is 3. The molecule has 1 aromatic rings. The molecule has 0 heterocycles. The molecule has 0 saturated carbocycles. The number of hydrogen-bond acceptors (Lipinski definition) is 3. The highest BCUT2D eigenvalue weighted by atomic mass is 19.4. The molecule has 0 aliphatic carbocycles. The second-order valence-corrected chi connectivity index (χ2v) is 4.84. The predicted octanol–water partition coefficient (Wildman–Crippen LogP) is 1.71. The normalized spacial score (nSPS) is 14.6. The molecule has 0 aromatic heterocycles. The summed E-state index contributed by atoms with van der Waals surface area (Å²) in [5.41, 5.74) is -0.708. The summed E-state index contributed by atoms with van der Waals surface area (Å²) in [6.07, 6.45) is -5.64. The van der Waals surface area contributed by atoms with Crippen LogP contribution in [0.5, 0.6) is 0 Å². The number of carbonyl (C=O) groups is 1. The molecule has 0 aliphatic heterocycles. The van der Waals surface area contributed by atoms with Crippen molar-refractivity contribution in [3.63, 3.8) is 0 Å². The molecule has 0 fully saturated rings. The SMILES string of the molecule is CNCC(C)C(=O)NCC(O)c1cccc(C(F)(F)F)c1. The van der Waals surface area contributed by atoms with Crippen molar-refractivity contribution in [3.05, 3.63) is 35.4 Å². The Labute approximate surface area is 121 Å². The number of carbonyl (C=O) groups excluding carboxylic acids is 1. The van der Waals surface area contributed by atoms with Crippen LogP contribution in [0.15, 0.2) is 24.3 Å². The summed E-state index contributed by atoms with van der Waals surface area (Å²) in [7, 11) is 1.71. The number of benzene rings is 1. The number of hydrogen-bond donors (Lipinski definition) is 3. The van der Waals surface area contributed by atoms with Crippen molar-refractivity contribution >= 4 is 5.91 Å². The second kappa shape index (κ2) is 7.42. The molecular weight excluding hydrogens is 285 g/mol. The first-order valence-corrected chi connectivity index (χ1v) is 6.53. The van der Waals surface area contributed by atoms with Gasteiger partial charge >= 0.3 is 6.18 Å². The first-order valence-electron chi connectivity index (χ1n) is 6.53. The van der Waals surface area contributed by atoms with E-state index in [4.69, 9.17) is 0 Å². The molecule has 0 bridgehead atoms. The maximum atomic E-state index is 12.6. The second-order valence-electron chi connectivity index (χ2n) is 4.84. The summed E-state index contributed by atoms with van der Waals surface area (Å²) in [6, 6.07) is 4.44. The third kappa shape index (κ3) is 5.35. The topological polar surface area (TPSA) is 61.4 Å². The quantitative estimate of drug-likeness (QED) is 0.750. The van der Waals surface area contributed by atoms with Crippen molar-refractivity contribution in [2.45, 2.75) is 19.2 Å².